The summed E-state index contributed by atoms with van der Waals surface area (Å²) in [5, 5.41) is 0. The lowest BCUT2D eigenvalue weighted by Gasteiger charge is -2.18. The molecule has 0 aromatic heterocycles. The van der Waals surface area contributed by atoms with E-state index in [9.17, 15) is 12.8 Å². The number of ether oxygens (including phenoxy) is 1. The van der Waals surface area contributed by atoms with E-state index < -0.39 is 15.8 Å². The molecule has 0 amide bonds. The maximum absolute atomic E-state index is 13.6. The van der Waals surface area contributed by atoms with Crippen LogP contribution in [0.15, 0.2) is 47.4 Å². The molecule has 0 radical (unpaired) electrons. The normalized spacial score (nSPS) is 14.1. The Balaban J connectivity index is 1.93. The van der Waals surface area contributed by atoms with Gasteiger partial charge in [-0.05, 0) is 48.7 Å². The second-order valence-corrected chi connectivity index (χ2v) is 6.49. The summed E-state index contributed by atoms with van der Waals surface area (Å²) >= 11 is 0. The van der Waals surface area contributed by atoms with Gasteiger partial charge in [0.1, 0.15) is 11.6 Å². The summed E-state index contributed by atoms with van der Waals surface area (Å²) in [4.78, 5) is 0.106. The zero-order chi connectivity index (χ0) is 14.9. The highest BCUT2D eigenvalue weighted by molar-refractivity contribution is 7.92. The van der Waals surface area contributed by atoms with Gasteiger partial charge in [-0.2, -0.15) is 0 Å². The molecule has 0 saturated carbocycles. The number of para-hydroxylation sites is 1. The van der Waals surface area contributed by atoms with Crippen molar-refractivity contribution in [2.45, 2.75) is 17.7 Å². The predicted molar refractivity (Wildman–Crippen MR) is 77.5 cm³/mol. The van der Waals surface area contributed by atoms with Crippen LogP contribution in [0, 0.1) is 5.82 Å². The molecule has 0 bridgehead atoms. The molecule has 1 heterocycles. The fourth-order valence-corrected chi connectivity index (χ4v) is 3.37. The molecular formula is C15H14FNO3S. The first kappa shape index (κ1) is 13.9. The van der Waals surface area contributed by atoms with Crippen molar-refractivity contribution in [3.8, 4) is 5.75 Å². The van der Waals surface area contributed by atoms with Gasteiger partial charge in [-0.1, -0.05) is 12.1 Å². The number of nitrogens with one attached hydrogen (secondary N) is 1. The van der Waals surface area contributed by atoms with E-state index in [1.165, 1.54) is 24.3 Å². The van der Waals surface area contributed by atoms with Crippen molar-refractivity contribution in [3.63, 3.8) is 0 Å². The van der Waals surface area contributed by atoms with Crippen LogP contribution in [0.2, 0.25) is 0 Å². The predicted octanol–water partition coefficient (Wildman–Crippen LogP) is 2.95. The van der Waals surface area contributed by atoms with Crippen molar-refractivity contribution in [1.82, 2.24) is 0 Å². The van der Waals surface area contributed by atoms with Crippen LogP contribution in [-0.4, -0.2) is 15.0 Å². The lowest BCUT2D eigenvalue weighted by atomic mass is 10.1. The molecule has 110 valence electrons. The van der Waals surface area contributed by atoms with Gasteiger partial charge in [-0.3, -0.25) is 4.72 Å². The smallest absolute Gasteiger partial charge is 0.262 e. The van der Waals surface area contributed by atoms with Gasteiger partial charge in [0.05, 0.1) is 17.2 Å². The first-order chi connectivity index (χ1) is 10.1. The molecule has 0 spiro atoms. The van der Waals surface area contributed by atoms with Gasteiger partial charge in [-0.15, -0.1) is 0 Å². The van der Waals surface area contributed by atoms with Crippen LogP contribution >= 0.6 is 0 Å². The van der Waals surface area contributed by atoms with Gasteiger partial charge in [0.2, 0.25) is 0 Å². The molecule has 4 nitrogen and oxygen atoms in total. The number of aryl methyl sites for hydroxylation is 1. The first-order valence-electron chi connectivity index (χ1n) is 6.59. The first-order valence-corrected chi connectivity index (χ1v) is 8.08. The molecule has 2 aromatic carbocycles. The minimum Gasteiger partial charge on any atom is -0.493 e. The zero-order valence-electron chi connectivity index (χ0n) is 11.2. The lowest BCUT2D eigenvalue weighted by Crippen LogP contribution is -2.15. The van der Waals surface area contributed by atoms with Gasteiger partial charge in [0, 0.05) is 0 Å². The monoisotopic (exact) mass is 307 g/mol. The van der Waals surface area contributed by atoms with Crippen LogP contribution in [0.25, 0.3) is 0 Å². The number of anilines is 1. The van der Waals surface area contributed by atoms with Crippen LogP contribution in [-0.2, 0) is 16.4 Å². The van der Waals surface area contributed by atoms with Gasteiger partial charge in [0.25, 0.3) is 10.0 Å². The summed E-state index contributed by atoms with van der Waals surface area (Å²) in [6.45, 7) is 0.645. The molecule has 0 aliphatic carbocycles. The molecule has 0 fully saturated rings. The summed E-state index contributed by atoms with van der Waals surface area (Å²) in [5.41, 5.74) is 0.795. The number of benzene rings is 2. The topological polar surface area (TPSA) is 55.4 Å². The standard InChI is InChI=1S/C15H14FNO3S/c16-13-5-1-2-6-14(13)17-21(18,19)12-7-8-15-11(10-12)4-3-9-20-15/h1-2,5-8,10,17H,3-4,9H2. The number of rotatable bonds is 3. The van der Waals surface area contributed by atoms with Gasteiger partial charge in [-0.25, -0.2) is 12.8 Å². The van der Waals surface area contributed by atoms with Crippen molar-refractivity contribution in [2.24, 2.45) is 0 Å². The average Bonchev–Trinajstić information content (AvgIpc) is 2.49. The fourth-order valence-electron chi connectivity index (χ4n) is 2.25. The second-order valence-electron chi connectivity index (χ2n) is 4.81. The third-order valence-corrected chi connectivity index (χ3v) is 4.67. The van der Waals surface area contributed by atoms with Gasteiger partial charge >= 0.3 is 0 Å². The van der Waals surface area contributed by atoms with E-state index in [-0.39, 0.29) is 10.6 Å². The molecular weight excluding hydrogens is 293 g/mol. The average molecular weight is 307 g/mol. The summed E-state index contributed by atoms with van der Waals surface area (Å²) in [6.07, 6.45) is 1.63. The quantitative estimate of drug-likeness (QED) is 0.948. The van der Waals surface area contributed by atoms with E-state index in [4.69, 9.17) is 4.74 Å². The Bertz CT molecular complexity index is 774. The largest absolute Gasteiger partial charge is 0.493 e. The Morgan fingerprint density at radius 3 is 2.76 bits per heavy atom. The number of fused-ring (bicyclic) bond motifs is 1. The summed E-state index contributed by atoms with van der Waals surface area (Å²) in [5.74, 6) is 0.105. The number of sulfonamides is 1. The fraction of sp³-hybridized carbons (Fsp3) is 0.200. The van der Waals surface area contributed by atoms with Crippen LogP contribution in [0.1, 0.15) is 12.0 Å². The second kappa shape index (κ2) is 5.37. The SMILES string of the molecule is O=S(=O)(Nc1ccccc1F)c1ccc2c(c1)CCCO2. The van der Waals surface area contributed by atoms with Crippen molar-refractivity contribution in [1.29, 1.82) is 0 Å². The van der Waals surface area contributed by atoms with E-state index in [1.807, 2.05) is 0 Å². The highest BCUT2D eigenvalue weighted by Crippen LogP contribution is 2.28. The third-order valence-electron chi connectivity index (χ3n) is 3.31. The summed E-state index contributed by atoms with van der Waals surface area (Å²) < 4.78 is 45.9. The Hall–Kier alpha value is -2.08. The number of hydrogen-bond acceptors (Lipinski definition) is 3. The number of halogens is 1. The molecule has 0 unspecified atom stereocenters. The minimum atomic E-state index is -3.81. The molecule has 1 aliphatic rings. The van der Waals surface area contributed by atoms with Crippen LogP contribution in [0.5, 0.6) is 5.75 Å². The van der Waals surface area contributed by atoms with E-state index >= 15 is 0 Å². The highest BCUT2D eigenvalue weighted by atomic mass is 32.2. The van der Waals surface area contributed by atoms with E-state index in [0.29, 0.717) is 12.4 Å². The molecule has 1 aliphatic heterocycles. The van der Waals surface area contributed by atoms with Crippen molar-refractivity contribution in [3.05, 3.63) is 53.8 Å². The summed E-state index contributed by atoms with van der Waals surface area (Å²) in [7, 11) is -3.81. The molecule has 6 heteroatoms. The molecule has 21 heavy (non-hydrogen) atoms. The van der Waals surface area contributed by atoms with Gasteiger partial charge in [0.15, 0.2) is 0 Å². The maximum Gasteiger partial charge on any atom is 0.262 e. The molecule has 0 atom stereocenters. The highest BCUT2D eigenvalue weighted by Gasteiger charge is 2.19. The Labute approximate surface area is 122 Å². The Morgan fingerprint density at radius 1 is 1.14 bits per heavy atom. The van der Waals surface area contributed by atoms with Crippen LogP contribution < -0.4 is 9.46 Å². The molecule has 1 N–H and O–H groups in total. The summed E-state index contributed by atoms with van der Waals surface area (Å²) in [6, 6.07) is 10.4. The van der Waals surface area contributed by atoms with Gasteiger partial charge < -0.3 is 4.74 Å². The Kier molecular flexibility index (Phi) is 3.55. The minimum absolute atomic E-state index is 0.0635. The van der Waals surface area contributed by atoms with Crippen LogP contribution in [0.3, 0.4) is 0 Å². The van der Waals surface area contributed by atoms with E-state index in [1.54, 1.807) is 18.2 Å². The van der Waals surface area contributed by atoms with E-state index in [0.717, 1.165) is 18.4 Å². The van der Waals surface area contributed by atoms with E-state index in [2.05, 4.69) is 4.72 Å². The molecule has 2 aromatic rings. The molecule has 3 rings (SSSR count). The van der Waals surface area contributed by atoms with Crippen LogP contribution in [0.4, 0.5) is 10.1 Å². The number of hydrogen-bond donors (Lipinski definition) is 1. The molecule has 0 saturated heterocycles. The maximum atomic E-state index is 13.6. The Morgan fingerprint density at radius 2 is 1.95 bits per heavy atom. The van der Waals surface area contributed by atoms with Crippen molar-refractivity contribution < 1.29 is 17.5 Å². The van der Waals surface area contributed by atoms with Crippen molar-refractivity contribution in [2.75, 3.05) is 11.3 Å². The zero-order valence-corrected chi connectivity index (χ0v) is 12.0. The van der Waals surface area contributed by atoms with Crippen molar-refractivity contribution >= 4 is 15.7 Å². The lowest BCUT2D eigenvalue weighted by molar-refractivity contribution is 0.288. The third kappa shape index (κ3) is 2.85.